The lowest BCUT2D eigenvalue weighted by atomic mass is 10.0. The Morgan fingerprint density at radius 3 is 1.78 bits per heavy atom. The van der Waals surface area contributed by atoms with Gasteiger partial charge in [0.05, 0.1) is 6.04 Å². The standard InChI is InChI=1S/C48H62N10O10S2.C2H4O2/c1-26(2)40(48(67)68)58-47(66)39-25-70-69-24-38(56-41(60)27(3)50)46(65)54-35(20-28-10-5-4-6-11-28)43(62)55-37(22-30-23-51-33-13-8-7-12-32(30)33)45(64)52-34(14-9-19-49)42(61)53-36(44(63)57-39)21-29-15-17-31(59)18-16-29;1-2(3)4/h4-8,10-13,15-18,23,26-27,34-40,51,59H,9,14,19-22,24-25,49-50H2,1-3H3,(H,52,64)(H,53,61)(H,54,65)(H,55,62)(H,56,60)(H,57,63)(H,58,66)(H,67,68);1H3,(H,3,4)/t27-,34-,35-,36-,37-,38-,39-,40-;/m0./s1. The number of aliphatic carboxylic acids is 2. The van der Waals surface area contributed by atoms with Gasteiger partial charge in [-0.05, 0) is 67.1 Å². The van der Waals surface area contributed by atoms with Gasteiger partial charge in [0.1, 0.15) is 48.0 Å². The molecule has 4 aromatic rings. The molecule has 1 fully saturated rings. The number of benzene rings is 3. The van der Waals surface area contributed by atoms with Crippen LogP contribution in [0.15, 0.2) is 85.1 Å². The van der Waals surface area contributed by atoms with E-state index in [1.807, 2.05) is 24.3 Å². The lowest BCUT2D eigenvalue weighted by molar-refractivity contribution is -0.143. The molecule has 8 atom stereocenters. The average Bonchev–Trinajstić information content (AvgIpc) is 3.76. The zero-order valence-corrected chi connectivity index (χ0v) is 43.1. The number of hydrogen-bond acceptors (Lipinski definition) is 14. The van der Waals surface area contributed by atoms with Crippen molar-refractivity contribution in [3.8, 4) is 5.75 Å². The normalized spacial score (nSPS) is 21.2. The summed E-state index contributed by atoms with van der Waals surface area (Å²) < 4.78 is 0. The number of carbonyl (C=O) groups is 9. The summed E-state index contributed by atoms with van der Waals surface area (Å²) in [5, 5.41) is 47.0. The summed E-state index contributed by atoms with van der Waals surface area (Å²) in [4.78, 5) is 124. The molecule has 0 unspecified atom stereocenters. The van der Waals surface area contributed by atoms with E-state index in [9.17, 15) is 48.6 Å². The van der Waals surface area contributed by atoms with Crippen LogP contribution in [0.1, 0.15) is 57.2 Å². The molecule has 0 spiro atoms. The van der Waals surface area contributed by atoms with Gasteiger partial charge in [0.15, 0.2) is 0 Å². The number of nitrogens with two attached hydrogens (primary N) is 2. The third kappa shape index (κ3) is 19.0. The summed E-state index contributed by atoms with van der Waals surface area (Å²) in [7, 11) is 2.06. The van der Waals surface area contributed by atoms with Crippen LogP contribution in [0.4, 0.5) is 0 Å². The molecular formula is C50H66N10O12S2. The van der Waals surface area contributed by atoms with Crippen LogP contribution in [0.2, 0.25) is 0 Å². The molecule has 3 aromatic carbocycles. The number of carboxylic acids is 2. The fourth-order valence-electron chi connectivity index (χ4n) is 7.49. The maximum atomic E-state index is 14.7. The van der Waals surface area contributed by atoms with Crippen molar-refractivity contribution in [2.45, 2.75) is 108 Å². The van der Waals surface area contributed by atoms with Crippen LogP contribution in [-0.2, 0) is 62.4 Å². The number of para-hydroxylation sites is 1. The highest BCUT2D eigenvalue weighted by Crippen LogP contribution is 2.25. The van der Waals surface area contributed by atoms with E-state index in [1.54, 1.807) is 50.4 Å². The van der Waals surface area contributed by atoms with E-state index in [-0.39, 0.29) is 55.9 Å². The first-order valence-electron chi connectivity index (χ1n) is 23.8. The summed E-state index contributed by atoms with van der Waals surface area (Å²) in [5.74, 6) is -8.59. The molecule has 1 aromatic heterocycles. The highest BCUT2D eigenvalue weighted by molar-refractivity contribution is 8.76. The lowest BCUT2D eigenvalue weighted by Crippen LogP contribution is -2.61. The molecular weight excluding hydrogens is 997 g/mol. The molecule has 1 aliphatic heterocycles. The van der Waals surface area contributed by atoms with E-state index >= 15 is 0 Å². The quantitative estimate of drug-likeness (QED) is 0.0726. The minimum Gasteiger partial charge on any atom is -0.508 e. The van der Waals surface area contributed by atoms with Crippen molar-refractivity contribution in [1.29, 1.82) is 0 Å². The second-order valence-electron chi connectivity index (χ2n) is 17.9. The first-order chi connectivity index (χ1) is 35.2. The number of fused-ring (bicyclic) bond motifs is 1. The van der Waals surface area contributed by atoms with E-state index < -0.39 is 108 Å². The van der Waals surface area contributed by atoms with Gasteiger partial charge in [0.2, 0.25) is 41.4 Å². The summed E-state index contributed by atoms with van der Waals surface area (Å²) in [6.45, 7) is 5.83. The Labute approximate surface area is 435 Å². The Bertz CT molecular complexity index is 2560. The number of amides is 7. The number of aromatic amines is 1. The maximum absolute atomic E-state index is 14.7. The maximum Gasteiger partial charge on any atom is 0.326 e. The number of aromatic hydroxyl groups is 1. The molecule has 15 N–H and O–H groups in total. The molecule has 0 aliphatic carbocycles. The minimum absolute atomic E-state index is 0.00125. The molecule has 74 heavy (non-hydrogen) atoms. The van der Waals surface area contributed by atoms with Gasteiger partial charge in [-0.25, -0.2) is 4.79 Å². The van der Waals surface area contributed by atoms with Gasteiger partial charge in [0, 0.05) is 54.8 Å². The Morgan fingerprint density at radius 1 is 0.689 bits per heavy atom. The van der Waals surface area contributed by atoms with Gasteiger partial charge in [-0.2, -0.15) is 0 Å². The van der Waals surface area contributed by atoms with Crippen LogP contribution in [-0.4, -0.2) is 140 Å². The van der Waals surface area contributed by atoms with Crippen molar-refractivity contribution in [1.82, 2.24) is 42.2 Å². The molecule has 0 bridgehead atoms. The van der Waals surface area contributed by atoms with Crippen molar-refractivity contribution in [3.63, 3.8) is 0 Å². The first kappa shape index (κ1) is 59.4. The van der Waals surface area contributed by atoms with Gasteiger partial charge in [-0.3, -0.25) is 38.4 Å². The highest BCUT2D eigenvalue weighted by Gasteiger charge is 2.36. The summed E-state index contributed by atoms with van der Waals surface area (Å²) >= 11 is 0. The minimum atomic E-state index is -1.42. The van der Waals surface area contributed by atoms with Gasteiger partial charge in [-0.15, -0.1) is 0 Å². The summed E-state index contributed by atoms with van der Waals surface area (Å²) in [6.07, 6.45) is 1.68. The summed E-state index contributed by atoms with van der Waals surface area (Å²) in [6, 6.07) is 11.6. The molecule has 1 aliphatic rings. The topological polar surface area (TPSA) is 366 Å². The van der Waals surface area contributed by atoms with E-state index in [0.717, 1.165) is 39.4 Å². The van der Waals surface area contributed by atoms with E-state index in [2.05, 4.69) is 42.2 Å². The summed E-state index contributed by atoms with van der Waals surface area (Å²) in [5.41, 5.74) is 14.4. The van der Waals surface area contributed by atoms with Crippen molar-refractivity contribution in [2.24, 2.45) is 17.4 Å². The molecule has 24 heteroatoms. The van der Waals surface area contributed by atoms with Gasteiger partial charge >= 0.3 is 5.97 Å². The van der Waals surface area contributed by atoms with Crippen LogP contribution in [0.25, 0.3) is 10.9 Å². The largest absolute Gasteiger partial charge is 0.508 e. The van der Waals surface area contributed by atoms with Crippen molar-refractivity contribution < 1.29 is 58.5 Å². The third-order valence-electron chi connectivity index (χ3n) is 11.4. The number of carbonyl (C=O) groups excluding carboxylic acids is 7. The number of carboxylic acid groups (broad SMARTS) is 2. The Morgan fingerprint density at radius 2 is 1.20 bits per heavy atom. The second kappa shape index (κ2) is 29.5. The van der Waals surface area contributed by atoms with Crippen LogP contribution >= 0.6 is 21.6 Å². The molecule has 2 heterocycles. The van der Waals surface area contributed by atoms with E-state index in [1.165, 1.54) is 31.2 Å². The molecule has 5 rings (SSSR count). The smallest absolute Gasteiger partial charge is 0.326 e. The number of phenols is 1. The van der Waals surface area contributed by atoms with Crippen molar-refractivity contribution in [3.05, 3.63) is 102 Å². The fourth-order valence-corrected chi connectivity index (χ4v) is 9.81. The zero-order chi connectivity index (χ0) is 54.5. The van der Waals surface area contributed by atoms with Crippen LogP contribution < -0.4 is 48.7 Å². The van der Waals surface area contributed by atoms with Crippen LogP contribution in [0.3, 0.4) is 0 Å². The number of aromatic nitrogens is 1. The predicted molar refractivity (Wildman–Crippen MR) is 280 cm³/mol. The van der Waals surface area contributed by atoms with Gasteiger partial charge in [-0.1, -0.05) is 96.1 Å². The lowest BCUT2D eigenvalue weighted by Gasteiger charge is -2.29. The number of phenolic OH excluding ortho intramolecular Hbond substituents is 1. The molecule has 0 saturated carbocycles. The molecule has 7 amide bonds. The Balaban J connectivity index is 0.00000286. The predicted octanol–water partition coefficient (Wildman–Crippen LogP) is 0.608. The number of H-pyrrole nitrogens is 1. The second-order valence-corrected chi connectivity index (χ2v) is 20.4. The van der Waals surface area contributed by atoms with E-state index in [0.29, 0.717) is 16.7 Å². The SMILES string of the molecule is CC(=O)O.CC(C)[C@H](NC(=O)[C@@H]1CSSC[C@H](NC(=O)[C@H](C)N)C(=O)N[C@@H](Cc2ccccc2)C(=O)N[C@@H](Cc2c[nH]c3ccccc23)C(=O)N[C@@H](CCCN)C(=O)N[C@@H](Cc2ccc(O)cc2)C(=O)N1)C(=O)O. The average molecular weight is 1060 g/mol. The number of rotatable bonds is 15. The van der Waals surface area contributed by atoms with E-state index in [4.69, 9.17) is 21.4 Å². The Hall–Kier alpha value is -7.15. The third-order valence-corrected chi connectivity index (χ3v) is 13.9. The van der Waals surface area contributed by atoms with Gasteiger partial charge in [0.25, 0.3) is 5.97 Å². The van der Waals surface area contributed by atoms with Gasteiger partial charge < -0.3 is 69.0 Å². The monoisotopic (exact) mass is 1060 g/mol. The zero-order valence-electron chi connectivity index (χ0n) is 41.4. The van der Waals surface area contributed by atoms with Crippen LogP contribution in [0.5, 0.6) is 5.75 Å². The molecule has 400 valence electrons. The molecule has 22 nitrogen and oxygen atoms in total. The molecule has 0 radical (unpaired) electrons. The van der Waals surface area contributed by atoms with Crippen molar-refractivity contribution >= 4 is 85.8 Å². The highest BCUT2D eigenvalue weighted by atomic mass is 33.1. The Kier molecular flexibility index (Phi) is 23.7. The fraction of sp³-hybridized carbons (Fsp3) is 0.420. The first-order valence-corrected chi connectivity index (χ1v) is 26.3. The number of nitrogens with one attached hydrogen (secondary N) is 8. The number of hydrogen-bond donors (Lipinski definition) is 13. The van der Waals surface area contributed by atoms with Crippen LogP contribution in [0, 0.1) is 5.92 Å². The molecule has 1 saturated heterocycles. The van der Waals surface area contributed by atoms with Crippen molar-refractivity contribution in [2.75, 3.05) is 18.1 Å².